The molecule has 1 aromatic carbocycles. The molecular formula is C11H15Cl2N3O3. The predicted molar refractivity (Wildman–Crippen MR) is 76.2 cm³/mol. The van der Waals surface area contributed by atoms with Crippen molar-refractivity contribution < 1.29 is 9.72 Å². The lowest BCUT2D eigenvalue weighted by atomic mass is 10.2. The molecule has 1 aromatic rings. The number of nitro groups is 1. The number of hydrogen-bond donors (Lipinski definition) is 1. The van der Waals surface area contributed by atoms with Crippen LogP contribution in [0.1, 0.15) is 10.4 Å². The molecule has 0 aliphatic carbocycles. The fourth-order valence-electron chi connectivity index (χ4n) is 1.40. The summed E-state index contributed by atoms with van der Waals surface area (Å²) in [5.41, 5.74) is 0.0284. The molecular weight excluding hydrogens is 293 g/mol. The van der Waals surface area contributed by atoms with Gasteiger partial charge in [0.1, 0.15) is 0 Å². The molecule has 0 saturated heterocycles. The van der Waals surface area contributed by atoms with Gasteiger partial charge in [-0.3, -0.25) is 14.9 Å². The lowest BCUT2D eigenvalue weighted by Crippen LogP contribution is -2.32. The molecule has 19 heavy (non-hydrogen) atoms. The van der Waals surface area contributed by atoms with E-state index in [1.807, 2.05) is 0 Å². The van der Waals surface area contributed by atoms with E-state index in [1.165, 1.54) is 23.1 Å². The Kier molecular flexibility index (Phi) is 7.36. The van der Waals surface area contributed by atoms with Crippen molar-refractivity contribution in [3.8, 4) is 0 Å². The highest BCUT2D eigenvalue weighted by Gasteiger charge is 2.16. The second-order valence-electron chi connectivity index (χ2n) is 3.79. The molecule has 0 aromatic heterocycles. The summed E-state index contributed by atoms with van der Waals surface area (Å²) in [5.74, 6) is -0.296. The van der Waals surface area contributed by atoms with Gasteiger partial charge in [0.2, 0.25) is 0 Å². The normalized spacial score (nSPS) is 9.63. The van der Waals surface area contributed by atoms with E-state index >= 15 is 0 Å². The SMILES string of the molecule is CNCCN(C)C(=O)c1cc(Cl)cc([N+](=O)[O-])c1.Cl. The first-order valence-electron chi connectivity index (χ1n) is 5.30. The van der Waals surface area contributed by atoms with E-state index in [1.54, 1.807) is 14.1 Å². The molecule has 0 saturated carbocycles. The van der Waals surface area contributed by atoms with E-state index in [4.69, 9.17) is 11.6 Å². The Bertz CT molecular complexity index is 468. The molecule has 6 nitrogen and oxygen atoms in total. The monoisotopic (exact) mass is 307 g/mol. The molecule has 106 valence electrons. The fourth-order valence-corrected chi connectivity index (χ4v) is 1.63. The minimum absolute atomic E-state index is 0. The predicted octanol–water partition coefficient (Wildman–Crippen LogP) is 1.96. The summed E-state index contributed by atoms with van der Waals surface area (Å²) in [6, 6.07) is 3.86. The van der Waals surface area contributed by atoms with Crippen LogP contribution in [0.4, 0.5) is 5.69 Å². The van der Waals surface area contributed by atoms with Crippen molar-refractivity contribution in [2.45, 2.75) is 0 Å². The molecule has 0 aliphatic rings. The van der Waals surface area contributed by atoms with Crippen LogP contribution < -0.4 is 5.32 Å². The van der Waals surface area contributed by atoms with Gasteiger partial charge in [0, 0.05) is 42.9 Å². The number of rotatable bonds is 5. The van der Waals surface area contributed by atoms with Crippen molar-refractivity contribution in [1.82, 2.24) is 10.2 Å². The maximum Gasteiger partial charge on any atom is 0.271 e. The lowest BCUT2D eigenvalue weighted by Gasteiger charge is -2.16. The second kappa shape index (κ2) is 7.93. The molecule has 0 unspecified atom stereocenters. The van der Waals surface area contributed by atoms with Crippen molar-refractivity contribution in [3.05, 3.63) is 38.9 Å². The largest absolute Gasteiger partial charge is 0.340 e. The van der Waals surface area contributed by atoms with Crippen molar-refractivity contribution >= 4 is 35.6 Å². The van der Waals surface area contributed by atoms with Crippen molar-refractivity contribution in [1.29, 1.82) is 0 Å². The van der Waals surface area contributed by atoms with Gasteiger partial charge >= 0.3 is 0 Å². The molecule has 8 heteroatoms. The van der Waals surface area contributed by atoms with Crippen LogP contribution in [0.15, 0.2) is 18.2 Å². The maximum absolute atomic E-state index is 12.0. The number of carbonyl (C=O) groups is 1. The summed E-state index contributed by atoms with van der Waals surface area (Å²) in [6.45, 7) is 1.15. The molecule has 0 spiro atoms. The number of hydrogen-bond acceptors (Lipinski definition) is 4. The van der Waals surface area contributed by atoms with Crippen LogP contribution in [-0.4, -0.2) is 42.9 Å². The molecule has 0 fully saturated rings. The van der Waals surface area contributed by atoms with E-state index in [0.717, 1.165) is 0 Å². The second-order valence-corrected chi connectivity index (χ2v) is 4.22. The first kappa shape index (κ1) is 17.6. The van der Waals surface area contributed by atoms with Gasteiger partial charge in [-0.2, -0.15) is 0 Å². The van der Waals surface area contributed by atoms with Gasteiger partial charge in [-0.1, -0.05) is 11.6 Å². The van der Waals surface area contributed by atoms with Crippen LogP contribution in [0.2, 0.25) is 5.02 Å². The summed E-state index contributed by atoms with van der Waals surface area (Å²) in [4.78, 5) is 23.6. The standard InChI is InChI=1S/C11H14ClN3O3.ClH/c1-13-3-4-14(2)11(16)8-5-9(12)7-10(6-8)15(17)18;/h5-7,13H,3-4H2,1-2H3;1H. The molecule has 1 rings (SSSR count). The minimum Gasteiger partial charge on any atom is -0.340 e. The molecule has 0 bridgehead atoms. The number of nitro benzene ring substituents is 1. The Morgan fingerprint density at radius 3 is 2.63 bits per heavy atom. The first-order chi connectivity index (χ1) is 8.45. The number of non-ortho nitro benzene ring substituents is 1. The van der Waals surface area contributed by atoms with Gasteiger partial charge in [-0.05, 0) is 13.1 Å². The third-order valence-corrected chi connectivity index (χ3v) is 2.60. The average molecular weight is 308 g/mol. The minimum atomic E-state index is -0.573. The zero-order chi connectivity index (χ0) is 13.7. The maximum atomic E-state index is 12.0. The van der Waals surface area contributed by atoms with E-state index in [-0.39, 0.29) is 34.6 Å². The quantitative estimate of drug-likeness (QED) is 0.666. The zero-order valence-electron chi connectivity index (χ0n) is 10.6. The third-order valence-electron chi connectivity index (χ3n) is 2.38. The summed E-state index contributed by atoms with van der Waals surface area (Å²) in [5, 5.41) is 13.8. The molecule has 1 amide bonds. The Labute approximate surface area is 122 Å². The number of amides is 1. The van der Waals surface area contributed by atoms with Crippen LogP contribution >= 0.6 is 24.0 Å². The van der Waals surface area contributed by atoms with E-state index in [9.17, 15) is 14.9 Å². The zero-order valence-corrected chi connectivity index (χ0v) is 12.1. The number of carbonyl (C=O) groups excluding carboxylic acids is 1. The number of nitrogens with zero attached hydrogens (tertiary/aromatic N) is 2. The number of likely N-dealkylation sites (N-methyl/N-ethyl adjacent to an activating group) is 2. The van der Waals surface area contributed by atoms with Crippen LogP contribution in [0, 0.1) is 10.1 Å². The summed E-state index contributed by atoms with van der Waals surface area (Å²) >= 11 is 5.76. The highest BCUT2D eigenvalue weighted by molar-refractivity contribution is 6.31. The molecule has 1 N–H and O–H groups in total. The Morgan fingerprint density at radius 2 is 2.11 bits per heavy atom. The van der Waals surface area contributed by atoms with Gasteiger partial charge in [0.25, 0.3) is 11.6 Å². The smallest absolute Gasteiger partial charge is 0.271 e. The van der Waals surface area contributed by atoms with E-state index in [0.29, 0.717) is 13.1 Å². The third kappa shape index (κ3) is 5.02. The van der Waals surface area contributed by atoms with Crippen LogP contribution in [0.5, 0.6) is 0 Å². The number of benzene rings is 1. The van der Waals surface area contributed by atoms with Crippen LogP contribution in [0.25, 0.3) is 0 Å². The first-order valence-corrected chi connectivity index (χ1v) is 5.68. The summed E-state index contributed by atoms with van der Waals surface area (Å²) in [7, 11) is 3.41. The van der Waals surface area contributed by atoms with Gasteiger partial charge in [-0.25, -0.2) is 0 Å². The van der Waals surface area contributed by atoms with E-state index < -0.39 is 4.92 Å². The molecule has 0 atom stereocenters. The van der Waals surface area contributed by atoms with Gasteiger partial charge in [0.05, 0.1) is 4.92 Å². The molecule has 0 heterocycles. The average Bonchev–Trinajstić information content (AvgIpc) is 2.34. The number of halogens is 2. The van der Waals surface area contributed by atoms with Crippen molar-refractivity contribution in [3.63, 3.8) is 0 Å². The molecule has 0 radical (unpaired) electrons. The topological polar surface area (TPSA) is 75.5 Å². The lowest BCUT2D eigenvalue weighted by molar-refractivity contribution is -0.384. The summed E-state index contributed by atoms with van der Waals surface area (Å²) in [6.07, 6.45) is 0. The molecule has 0 aliphatic heterocycles. The van der Waals surface area contributed by atoms with Crippen molar-refractivity contribution in [2.75, 3.05) is 27.2 Å². The van der Waals surface area contributed by atoms with Gasteiger partial charge in [0.15, 0.2) is 0 Å². The van der Waals surface area contributed by atoms with Crippen LogP contribution in [0.3, 0.4) is 0 Å². The Morgan fingerprint density at radius 1 is 1.47 bits per heavy atom. The van der Waals surface area contributed by atoms with Gasteiger partial charge in [-0.15, -0.1) is 12.4 Å². The number of nitrogens with one attached hydrogen (secondary N) is 1. The Balaban J connectivity index is 0.00000324. The fraction of sp³-hybridized carbons (Fsp3) is 0.364. The van der Waals surface area contributed by atoms with Crippen LogP contribution in [-0.2, 0) is 0 Å². The van der Waals surface area contributed by atoms with Crippen molar-refractivity contribution in [2.24, 2.45) is 0 Å². The summed E-state index contributed by atoms with van der Waals surface area (Å²) < 4.78 is 0. The Hall–Kier alpha value is -1.37. The highest BCUT2D eigenvalue weighted by Crippen LogP contribution is 2.21. The van der Waals surface area contributed by atoms with E-state index in [2.05, 4.69) is 5.32 Å². The highest BCUT2D eigenvalue weighted by atomic mass is 35.5. The van der Waals surface area contributed by atoms with Gasteiger partial charge < -0.3 is 10.2 Å².